The topological polar surface area (TPSA) is 89.3 Å². The summed E-state index contributed by atoms with van der Waals surface area (Å²) >= 11 is 0. The minimum absolute atomic E-state index is 0.250. The van der Waals surface area contributed by atoms with Gasteiger partial charge in [-0.15, -0.1) is 0 Å². The van der Waals surface area contributed by atoms with Crippen LogP contribution in [0.25, 0.3) is 22.3 Å². The van der Waals surface area contributed by atoms with Crippen LogP contribution in [0.2, 0.25) is 0 Å². The van der Waals surface area contributed by atoms with Crippen molar-refractivity contribution >= 4 is 17.8 Å². The Morgan fingerprint density at radius 3 is 1.30 bits per heavy atom. The number of hydrogen-bond acceptors (Lipinski definition) is 3. The summed E-state index contributed by atoms with van der Waals surface area (Å²) < 4.78 is 0. The van der Waals surface area contributed by atoms with Crippen LogP contribution in [-0.4, -0.2) is 11.6 Å². The lowest BCUT2D eigenvalue weighted by Gasteiger charge is -2.06. The summed E-state index contributed by atoms with van der Waals surface area (Å²) in [5, 5.41) is 6.89. The predicted octanol–water partition coefficient (Wildman–Crippen LogP) is 3.89. The fourth-order valence-corrected chi connectivity index (χ4v) is 2.29. The van der Waals surface area contributed by atoms with Crippen molar-refractivity contribution in [1.82, 2.24) is 0 Å². The van der Waals surface area contributed by atoms with E-state index in [-0.39, 0.29) is 6.47 Å². The molecular weight excluding hydrogens is 288 g/mol. The van der Waals surface area contributed by atoms with E-state index in [0.29, 0.717) is 0 Å². The van der Waals surface area contributed by atoms with E-state index in [9.17, 15) is 0 Å². The van der Waals surface area contributed by atoms with Crippen LogP contribution < -0.4 is 11.5 Å². The third-order valence-corrected chi connectivity index (χ3v) is 3.32. The van der Waals surface area contributed by atoms with E-state index in [0.717, 1.165) is 33.6 Å². The fraction of sp³-hybridized carbons (Fsp3) is 0. The van der Waals surface area contributed by atoms with Crippen molar-refractivity contribution < 1.29 is 9.90 Å². The maximum absolute atomic E-state index is 8.36. The Labute approximate surface area is 135 Å². The maximum Gasteiger partial charge on any atom is 0.290 e. The summed E-state index contributed by atoms with van der Waals surface area (Å²) in [6, 6.07) is 24.2. The van der Waals surface area contributed by atoms with Gasteiger partial charge in [0.1, 0.15) is 0 Å². The van der Waals surface area contributed by atoms with Crippen molar-refractivity contribution in [3.8, 4) is 22.3 Å². The highest BCUT2D eigenvalue weighted by Gasteiger charge is 2.01. The molecule has 0 amide bonds. The standard InChI is InChI=1S/C18H16N2.CH2O2/c19-17-5-1-3-15(11-17)13-7-9-14(10-8-13)16-4-2-6-18(20)12-16;2-1-3/h1-12H,19-20H2;1H,(H,2,3). The van der Waals surface area contributed by atoms with Gasteiger partial charge in [0.05, 0.1) is 0 Å². The Balaban J connectivity index is 0.000000595. The van der Waals surface area contributed by atoms with Crippen LogP contribution in [0.5, 0.6) is 0 Å². The highest BCUT2D eigenvalue weighted by atomic mass is 16.3. The van der Waals surface area contributed by atoms with Gasteiger partial charge < -0.3 is 16.6 Å². The van der Waals surface area contributed by atoms with E-state index in [4.69, 9.17) is 21.4 Å². The quantitative estimate of drug-likeness (QED) is 0.495. The second-order valence-electron chi connectivity index (χ2n) is 4.93. The number of hydrogen-bond donors (Lipinski definition) is 3. The van der Waals surface area contributed by atoms with E-state index >= 15 is 0 Å². The maximum atomic E-state index is 8.36. The smallest absolute Gasteiger partial charge is 0.290 e. The Morgan fingerprint density at radius 2 is 1.00 bits per heavy atom. The molecular formula is C19H18N2O2. The normalized spacial score (nSPS) is 9.57. The summed E-state index contributed by atoms with van der Waals surface area (Å²) in [6.07, 6.45) is 0. The summed E-state index contributed by atoms with van der Waals surface area (Å²) in [5.41, 5.74) is 17.8. The van der Waals surface area contributed by atoms with E-state index in [1.165, 1.54) is 0 Å². The zero-order valence-corrected chi connectivity index (χ0v) is 12.5. The molecule has 0 unspecified atom stereocenters. The Kier molecular flexibility index (Phi) is 5.36. The van der Waals surface area contributed by atoms with Gasteiger partial charge >= 0.3 is 0 Å². The second-order valence-corrected chi connectivity index (χ2v) is 4.93. The molecule has 0 saturated carbocycles. The number of benzene rings is 3. The van der Waals surface area contributed by atoms with Gasteiger partial charge in [-0.1, -0.05) is 48.5 Å². The van der Waals surface area contributed by atoms with Gasteiger partial charge in [-0.25, -0.2) is 0 Å². The fourth-order valence-electron chi connectivity index (χ4n) is 2.29. The average Bonchev–Trinajstić information content (AvgIpc) is 2.56. The molecule has 0 aliphatic rings. The molecule has 0 aliphatic carbocycles. The molecule has 4 heteroatoms. The summed E-state index contributed by atoms with van der Waals surface area (Å²) in [7, 11) is 0. The minimum atomic E-state index is -0.250. The third-order valence-electron chi connectivity index (χ3n) is 3.32. The summed E-state index contributed by atoms with van der Waals surface area (Å²) in [5.74, 6) is 0. The van der Waals surface area contributed by atoms with Crippen LogP contribution in [0.1, 0.15) is 0 Å². The molecule has 0 aliphatic heterocycles. The Morgan fingerprint density at radius 1 is 0.652 bits per heavy atom. The largest absolute Gasteiger partial charge is 0.483 e. The first kappa shape index (κ1) is 16.1. The molecule has 0 bridgehead atoms. The van der Waals surface area contributed by atoms with Crippen LogP contribution in [0, 0.1) is 0 Å². The molecule has 0 radical (unpaired) electrons. The first-order valence-corrected chi connectivity index (χ1v) is 7.04. The first-order chi connectivity index (χ1) is 11.1. The van der Waals surface area contributed by atoms with Gasteiger partial charge in [-0.3, -0.25) is 4.79 Å². The van der Waals surface area contributed by atoms with Crippen LogP contribution in [0.15, 0.2) is 72.8 Å². The number of carbonyl (C=O) groups is 1. The molecule has 3 aromatic carbocycles. The SMILES string of the molecule is Nc1cccc(-c2ccc(-c3cccc(N)c3)cc2)c1.O=CO. The van der Waals surface area contributed by atoms with Gasteiger partial charge in [0.15, 0.2) is 0 Å². The number of nitrogens with two attached hydrogens (primary N) is 2. The van der Waals surface area contributed by atoms with Crippen molar-refractivity contribution in [3.05, 3.63) is 72.8 Å². The van der Waals surface area contributed by atoms with Gasteiger partial charge in [0.2, 0.25) is 0 Å². The number of anilines is 2. The van der Waals surface area contributed by atoms with Crippen molar-refractivity contribution in [2.24, 2.45) is 0 Å². The van der Waals surface area contributed by atoms with E-state index < -0.39 is 0 Å². The van der Waals surface area contributed by atoms with Gasteiger partial charge in [0, 0.05) is 11.4 Å². The second kappa shape index (κ2) is 7.66. The molecule has 3 aromatic rings. The molecule has 5 N–H and O–H groups in total. The van der Waals surface area contributed by atoms with Crippen molar-refractivity contribution in [3.63, 3.8) is 0 Å². The number of rotatable bonds is 2. The first-order valence-electron chi connectivity index (χ1n) is 7.04. The van der Waals surface area contributed by atoms with E-state index in [2.05, 4.69) is 36.4 Å². The van der Waals surface area contributed by atoms with Crippen LogP contribution in [0.3, 0.4) is 0 Å². The molecule has 0 heterocycles. The molecule has 116 valence electrons. The monoisotopic (exact) mass is 306 g/mol. The lowest BCUT2D eigenvalue weighted by Crippen LogP contribution is -1.86. The molecule has 4 nitrogen and oxygen atoms in total. The highest BCUT2D eigenvalue weighted by Crippen LogP contribution is 2.26. The van der Waals surface area contributed by atoms with Crippen LogP contribution in [-0.2, 0) is 4.79 Å². The van der Waals surface area contributed by atoms with Crippen LogP contribution >= 0.6 is 0 Å². The molecule has 0 atom stereocenters. The molecule has 0 saturated heterocycles. The van der Waals surface area contributed by atoms with Crippen molar-refractivity contribution in [2.75, 3.05) is 11.5 Å². The van der Waals surface area contributed by atoms with E-state index in [1.807, 2.05) is 36.4 Å². The zero-order valence-electron chi connectivity index (χ0n) is 12.5. The summed E-state index contributed by atoms with van der Waals surface area (Å²) in [6.45, 7) is -0.250. The molecule has 0 fully saturated rings. The Hall–Kier alpha value is -3.27. The number of carboxylic acid groups (broad SMARTS) is 1. The van der Waals surface area contributed by atoms with Gasteiger partial charge in [-0.05, 0) is 46.5 Å². The number of nitrogen functional groups attached to an aromatic ring is 2. The van der Waals surface area contributed by atoms with Gasteiger partial charge in [-0.2, -0.15) is 0 Å². The minimum Gasteiger partial charge on any atom is -0.483 e. The van der Waals surface area contributed by atoms with Crippen LogP contribution in [0.4, 0.5) is 11.4 Å². The van der Waals surface area contributed by atoms with Crippen molar-refractivity contribution in [1.29, 1.82) is 0 Å². The molecule has 3 rings (SSSR count). The zero-order chi connectivity index (χ0) is 16.7. The van der Waals surface area contributed by atoms with Crippen molar-refractivity contribution in [2.45, 2.75) is 0 Å². The highest BCUT2D eigenvalue weighted by molar-refractivity contribution is 5.73. The van der Waals surface area contributed by atoms with Gasteiger partial charge in [0.25, 0.3) is 6.47 Å². The third kappa shape index (κ3) is 4.35. The lowest BCUT2D eigenvalue weighted by atomic mass is 10.00. The molecule has 0 spiro atoms. The van der Waals surface area contributed by atoms with E-state index in [1.54, 1.807) is 0 Å². The average molecular weight is 306 g/mol. The molecule has 0 aromatic heterocycles. The summed E-state index contributed by atoms with van der Waals surface area (Å²) in [4.78, 5) is 8.36. The lowest BCUT2D eigenvalue weighted by molar-refractivity contribution is -0.122. The predicted molar refractivity (Wildman–Crippen MR) is 94.8 cm³/mol. The molecule has 23 heavy (non-hydrogen) atoms. The Bertz CT molecular complexity index is 719.